The van der Waals surface area contributed by atoms with Crippen molar-refractivity contribution in [1.82, 2.24) is 5.32 Å². The van der Waals surface area contributed by atoms with Crippen LogP contribution in [0.2, 0.25) is 0 Å². The van der Waals surface area contributed by atoms with Gasteiger partial charge in [-0.1, -0.05) is 37.3 Å². The van der Waals surface area contributed by atoms with Crippen molar-refractivity contribution in [2.45, 2.75) is 26.3 Å². The van der Waals surface area contributed by atoms with E-state index in [1.165, 1.54) is 5.56 Å². The topological polar surface area (TPSA) is 58.6 Å². The largest absolute Gasteiger partial charge is 0.496 e. The van der Waals surface area contributed by atoms with Gasteiger partial charge in [-0.2, -0.15) is 0 Å². The monoisotopic (exact) mass is 352 g/mol. The van der Waals surface area contributed by atoms with Crippen molar-refractivity contribution in [2.24, 2.45) is 5.92 Å². The predicted molar refractivity (Wildman–Crippen MR) is 101 cm³/mol. The Morgan fingerprint density at radius 3 is 2.62 bits per heavy atom. The second-order valence-corrected chi connectivity index (χ2v) is 6.38. The highest BCUT2D eigenvalue weighted by Gasteiger charge is 2.37. The standard InChI is InChI=1S/C21H24N2O3/c1-3-15-8-10-17(11-9-15)23-13-12-18(21(23)25)20(24)22-14-16-6-4-5-7-19(16)26-2/h4-11,18H,3,12-14H2,1-2H3,(H,22,24)/t18-/m1/s1. The molecule has 5 heteroatoms. The van der Waals surface area contributed by atoms with E-state index in [2.05, 4.69) is 12.2 Å². The Labute approximate surface area is 154 Å². The second kappa shape index (κ2) is 8.04. The van der Waals surface area contributed by atoms with Crippen LogP contribution in [0, 0.1) is 5.92 Å². The number of carbonyl (C=O) groups is 2. The average Bonchev–Trinajstić information content (AvgIpc) is 3.07. The third kappa shape index (κ3) is 3.72. The van der Waals surface area contributed by atoms with Crippen molar-refractivity contribution in [3.8, 4) is 5.75 Å². The zero-order valence-corrected chi connectivity index (χ0v) is 15.2. The van der Waals surface area contributed by atoms with Gasteiger partial charge in [0.05, 0.1) is 7.11 Å². The number of aryl methyl sites for hydroxylation is 1. The molecule has 1 N–H and O–H groups in total. The van der Waals surface area contributed by atoms with Gasteiger partial charge in [-0.05, 0) is 36.6 Å². The number of rotatable bonds is 6. The van der Waals surface area contributed by atoms with Crippen LogP contribution in [0.1, 0.15) is 24.5 Å². The van der Waals surface area contributed by atoms with E-state index in [1.54, 1.807) is 12.0 Å². The molecule has 1 heterocycles. The highest BCUT2D eigenvalue weighted by molar-refractivity contribution is 6.09. The molecule has 2 amide bonds. The summed E-state index contributed by atoms with van der Waals surface area (Å²) in [4.78, 5) is 26.9. The molecule has 2 aromatic carbocycles. The molecule has 1 fully saturated rings. The Hall–Kier alpha value is -2.82. The minimum Gasteiger partial charge on any atom is -0.496 e. The Bertz CT molecular complexity index is 786. The summed E-state index contributed by atoms with van der Waals surface area (Å²) in [5.74, 6) is -0.265. The Morgan fingerprint density at radius 2 is 1.92 bits per heavy atom. The van der Waals surface area contributed by atoms with E-state index in [0.717, 1.165) is 23.4 Å². The van der Waals surface area contributed by atoms with Gasteiger partial charge in [0.1, 0.15) is 11.7 Å². The van der Waals surface area contributed by atoms with Gasteiger partial charge in [0, 0.05) is 24.3 Å². The molecule has 1 atom stereocenters. The first kappa shape index (κ1) is 18.0. The number of anilines is 1. The van der Waals surface area contributed by atoms with Crippen LogP contribution in [0.4, 0.5) is 5.69 Å². The van der Waals surface area contributed by atoms with Crippen molar-refractivity contribution in [1.29, 1.82) is 0 Å². The molecule has 0 radical (unpaired) electrons. The number of nitrogens with one attached hydrogen (secondary N) is 1. The number of ether oxygens (including phenoxy) is 1. The van der Waals surface area contributed by atoms with Crippen molar-refractivity contribution < 1.29 is 14.3 Å². The fourth-order valence-corrected chi connectivity index (χ4v) is 3.25. The number of methoxy groups -OCH3 is 1. The van der Waals surface area contributed by atoms with E-state index < -0.39 is 5.92 Å². The Morgan fingerprint density at radius 1 is 1.19 bits per heavy atom. The minimum absolute atomic E-state index is 0.133. The number of hydrogen-bond acceptors (Lipinski definition) is 3. The van der Waals surface area contributed by atoms with Crippen LogP contribution in [0.5, 0.6) is 5.75 Å². The smallest absolute Gasteiger partial charge is 0.239 e. The normalized spacial score (nSPS) is 16.6. The maximum atomic E-state index is 12.7. The predicted octanol–water partition coefficient (Wildman–Crippen LogP) is 2.93. The highest BCUT2D eigenvalue weighted by atomic mass is 16.5. The number of amides is 2. The number of para-hydroxylation sites is 1. The zero-order valence-electron chi connectivity index (χ0n) is 15.2. The maximum absolute atomic E-state index is 12.7. The van der Waals surface area contributed by atoms with Gasteiger partial charge < -0.3 is 15.0 Å². The first-order chi connectivity index (χ1) is 12.6. The van der Waals surface area contributed by atoms with Crippen LogP contribution in [0.25, 0.3) is 0 Å². The van der Waals surface area contributed by atoms with Crippen LogP contribution in [-0.4, -0.2) is 25.5 Å². The van der Waals surface area contributed by atoms with Crippen molar-refractivity contribution in [3.63, 3.8) is 0 Å². The summed E-state index contributed by atoms with van der Waals surface area (Å²) in [7, 11) is 1.60. The number of hydrogen-bond donors (Lipinski definition) is 1. The molecular weight excluding hydrogens is 328 g/mol. The molecule has 1 aliphatic heterocycles. The van der Waals surface area contributed by atoms with Gasteiger partial charge >= 0.3 is 0 Å². The average molecular weight is 352 g/mol. The number of nitrogens with zero attached hydrogens (tertiary/aromatic N) is 1. The van der Waals surface area contributed by atoms with E-state index >= 15 is 0 Å². The SMILES string of the molecule is CCc1ccc(N2CC[C@H](C(=O)NCc3ccccc3OC)C2=O)cc1. The second-order valence-electron chi connectivity index (χ2n) is 6.38. The summed E-state index contributed by atoms with van der Waals surface area (Å²) in [6.45, 7) is 3.01. The van der Waals surface area contributed by atoms with Gasteiger partial charge in [-0.15, -0.1) is 0 Å². The summed E-state index contributed by atoms with van der Waals surface area (Å²) in [5, 5.41) is 2.87. The molecule has 0 saturated carbocycles. The number of benzene rings is 2. The minimum atomic E-state index is -0.629. The van der Waals surface area contributed by atoms with Crippen LogP contribution in [0.15, 0.2) is 48.5 Å². The first-order valence-electron chi connectivity index (χ1n) is 8.94. The lowest BCUT2D eigenvalue weighted by Gasteiger charge is -2.17. The lowest BCUT2D eigenvalue weighted by molar-refractivity contribution is -0.132. The van der Waals surface area contributed by atoms with Gasteiger partial charge in [0.25, 0.3) is 0 Å². The Balaban J connectivity index is 1.62. The fraction of sp³-hybridized carbons (Fsp3) is 0.333. The molecule has 0 bridgehead atoms. The van der Waals surface area contributed by atoms with Crippen molar-refractivity contribution in [3.05, 3.63) is 59.7 Å². The lowest BCUT2D eigenvalue weighted by Crippen LogP contribution is -2.36. The molecule has 26 heavy (non-hydrogen) atoms. The molecule has 136 valence electrons. The van der Waals surface area contributed by atoms with Gasteiger partial charge in [-0.3, -0.25) is 9.59 Å². The van der Waals surface area contributed by atoms with E-state index in [0.29, 0.717) is 19.5 Å². The summed E-state index contributed by atoms with van der Waals surface area (Å²) in [6, 6.07) is 15.5. The molecular formula is C21H24N2O3. The van der Waals surface area contributed by atoms with Gasteiger partial charge in [0.15, 0.2) is 0 Å². The highest BCUT2D eigenvalue weighted by Crippen LogP contribution is 2.26. The summed E-state index contributed by atoms with van der Waals surface area (Å²) in [6.07, 6.45) is 1.49. The van der Waals surface area contributed by atoms with Crippen molar-refractivity contribution >= 4 is 17.5 Å². The van der Waals surface area contributed by atoms with Crippen LogP contribution < -0.4 is 15.0 Å². The van der Waals surface area contributed by atoms with E-state index in [-0.39, 0.29) is 11.8 Å². The Kier molecular flexibility index (Phi) is 5.56. The first-order valence-corrected chi connectivity index (χ1v) is 8.94. The zero-order chi connectivity index (χ0) is 18.5. The molecule has 1 aliphatic rings. The van der Waals surface area contributed by atoms with E-state index in [1.807, 2.05) is 48.5 Å². The van der Waals surface area contributed by atoms with E-state index in [9.17, 15) is 9.59 Å². The summed E-state index contributed by atoms with van der Waals surface area (Å²) >= 11 is 0. The molecule has 0 unspecified atom stereocenters. The molecule has 1 saturated heterocycles. The summed E-state index contributed by atoms with van der Waals surface area (Å²) in [5.41, 5.74) is 2.97. The maximum Gasteiger partial charge on any atom is 0.239 e. The third-order valence-corrected chi connectivity index (χ3v) is 4.82. The number of carbonyl (C=O) groups excluding carboxylic acids is 2. The fourth-order valence-electron chi connectivity index (χ4n) is 3.25. The lowest BCUT2D eigenvalue weighted by atomic mass is 10.1. The molecule has 0 aromatic heterocycles. The van der Waals surface area contributed by atoms with Crippen LogP contribution in [0.3, 0.4) is 0 Å². The van der Waals surface area contributed by atoms with Gasteiger partial charge in [0.2, 0.25) is 11.8 Å². The molecule has 2 aromatic rings. The quantitative estimate of drug-likeness (QED) is 0.813. The van der Waals surface area contributed by atoms with E-state index in [4.69, 9.17) is 4.74 Å². The van der Waals surface area contributed by atoms with Gasteiger partial charge in [-0.25, -0.2) is 0 Å². The third-order valence-electron chi connectivity index (χ3n) is 4.82. The molecule has 3 rings (SSSR count). The molecule has 5 nitrogen and oxygen atoms in total. The molecule has 0 spiro atoms. The van der Waals surface area contributed by atoms with Crippen LogP contribution in [-0.2, 0) is 22.6 Å². The summed E-state index contributed by atoms with van der Waals surface area (Å²) < 4.78 is 5.29. The van der Waals surface area contributed by atoms with Crippen molar-refractivity contribution in [2.75, 3.05) is 18.6 Å². The molecule has 0 aliphatic carbocycles. The van der Waals surface area contributed by atoms with Crippen LogP contribution >= 0.6 is 0 Å².